The molecule has 0 radical (unpaired) electrons. The van der Waals surface area contributed by atoms with Crippen LogP contribution in [-0.2, 0) is 6.18 Å². The monoisotopic (exact) mass is 477 g/mol. The average molecular weight is 478 g/mol. The zero-order chi connectivity index (χ0) is 25.2. The van der Waals surface area contributed by atoms with E-state index in [9.17, 15) is 18.0 Å². The van der Waals surface area contributed by atoms with Crippen molar-refractivity contribution in [3.8, 4) is 5.75 Å². The molecule has 1 aromatic heterocycles. The van der Waals surface area contributed by atoms with Crippen LogP contribution < -0.4 is 10.1 Å². The number of ether oxygens (including phenoxy) is 1. The molecule has 0 aliphatic carbocycles. The highest BCUT2D eigenvalue weighted by molar-refractivity contribution is 5.94. The molecule has 4 atom stereocenters. The summed E-state index contributed by atoms with van der Waals surface area (Å²) in [7, 11) is 1.68. The molecule has 3 rings (SSSR count). The van der Waals surface area contributed by atoms with Crippen molar-refractivity contribution in [2.45, 2.75) is 84.2 Å². The smallest absolute Gasteiger partial charge is 0.433 e. The topological polar surface area (TPSA) is 54.5 Å². The molecule has 34 heavy (non-hydrogen) atoms. The molecule has 2 aromatic rings. The van der Waals surface area contributed by atoms with Gasteiger partial charge in [-0.1, -0.05) is 6.07 Å². The maximum Gasteiger partial charge on any atom is 0.433 e. The molecule has 0 bridgehead atoms. The highest BCUT2D eigenvalue weighted by Crippen LogP contribution is 2.38. The second-order valence-electron chi connectivity index (χ2n) is 9.35. The number of nitrogens with zero attached hydrogens (tertiary/aromatic N) is 2. The standard InChI is InChI=1S/C26H34F3N3O2/c1-15(31-25(33)20-8-12-24(30-14-20)26(27,28)29)13-21-9-7-16(2)32(21)19(5)22-10-11-23(34-6)18(4)17(22)3/h8,10-12,14-16,19,21H,7,9,13H2,1-6H3,(H,31,33). The molecule has 1 aliphatic rings. The van der Waals surface area contributed by atoms with Gasteiger partial charge in [-0.2, -0.15) is 13.2 Å². The van der Waals surface area contributed by atoms with E-state index in [-0.39, 0.29) is 23.7 Å². The van der Waals surface area contributed by atoms with Crippen LogP contribution in [0.25, 0.3) is 0 Å². The van der Waals surface area contributed by atoms with Gasteiger partial charge in [0.1, 0.15) is 11.4 Å². The molecule has 1 saturated heterocycles. The van der Waals surface area contributed by atoms with Crippen molar-refractivity contribution in [1.82, 2.24) is 15.2 Å². The molecule has 1 aliphatic heterocycles. The lowest BCUT2D eigenvalue weighted by molar-refractivity contribution is -0.141. The average Bonchev–Trinajstić information content (AvgIpc) is 3.14. The number of pyridine rings is 1. The highest BCUT2D eigenvalue weighted by Gasteiger charge is 2.36. The Morgan fingerprint density at radius 3 is 2.47 bits per heavy atom. The zero-order valence-electron chi connectivity index (χ0n) is 20.7. The van der Waals surface area contributed by atoms with Gasteiger partial charge in [0.2, 0.25) is 0 Å². The van der Waals surface area contributed by atoms with Crippen molar-refractivity contribution in [1.29, 1.82) is 0 Å². The first-order chi connectivity index (χ1) is 15.9. The number of rotatable bonds is 7. The molecule has 8 heteroatoms. The number of carbonyl (C=O) groups excluding carboxylic acids is 1. The van der Waals surface area contributed by atoms with Crippen molar-refractivity contribution in [3.63, 3.8) is 0 Å². The second-order valence-corrected chi connectivity index (χ2v) is 9.35. The van der Waals surface area contributed by atoms with Crippen LogP contribution in [0.3, 0.4) is 0 Å². The highest BCUT2D eigenvalue weighted by atomic mass is 19.4. The first kappa shape index (κ1) is 26.0. The van der Waals surface area contributed by atoms with Gasteiger partial charge in [-0.15, -0.1) is 0 Å². The number of benzene rings is 1. The maximum atomic E-state index is 12.7. The molecule has 5 nitrogen and oxygen atoms in total. The first-order valence-electron chi connectivity index (χ1n) is 11.7. The summed E-state index contributed by atoms with van der Waals surface area (Å²) in [6.45, 7) is 10.6. The summed E-state index contributed by atoms with van der Waals surface area (Å²) in [4.78, 5) is 18.5. The summed E-state index contributed by atoms with van der Waals surface area (Å²) in [6, 6.07) is 6.91. The van der Waals surface area contributed by atoms with Crippen LogP contribution in [0.15, 0.2) is 30.5 Å². The van der Waals surface area contributed by atoms with E-state index in [1.807, 2.05) is 13.0 Å². The molecular formula is C26H34F3N3O2. The van der Waals surface area contributed by atoms with E-state index in [2.05, 4.69) is 49.0 Å². The Balaban J connectivity index is 1.68. The first-order valence-corrected chi connectivity index (χ1v) is 11.7. The molecule has 1 aromatic carbocycles. The van der Waals surface area contributed by atoms with Crippen LogP contribution in [-0.4, -0.2) is 41.0 Å². The van der Waals surface area contributed by atoms with Crippen LogP contribution in [0.1, 0.15) is 78.8 Å². The summed E-state index contributed by atoms with van der Waals surface area (Å²) in [5.41, 5.74) is 2.74. The molecule has 186 valence electrons. The van der Waals surface area contributed by atoms with E-state index in [1.54, 1.807) is 7.11 Å². The normalized spacial score (nSPS) is 20.7. The van der Waals surface area contributed by atoms with Crippen molar-refractivity contribution >= 4 is 5.91 Å². The van der Waals surface area contributed by atoms with Gasteiger partial charge in [-0.05, 0) is 88.8 Å². The van der Waals surface area contributed by atoms with E-state index >= 15 is 0 Å². The SMILES string of the molecule is COc1ccc(C(C)N2C(C)CCC2CC(C)NC(=O)c2ccc(C(F)(F)F)nc2)c(C)c1C. The Labute approximate surface area is 199 Å². The van der Waals surface area contributed by atoms with Crippen LogP contribution in [0.2, 0.25) is 0 Å². The van der Waals surface area contributed by atoms with Crippen molar-refractivity contribution in [2.75, 3.05) is 7.11 Å². The maximum absolute atomic E-state index is 12.7. The number of nitrogens with one attached hydrogen (secondary N) is 1. The number of methoxy groups -OCH3 is 1. The number of carbonyl (C=O) groups is 1. The van der Waals surface area contributed by atoms with Gasteiger partial charge in [-0.25, -0.2) is 0 Å². The summed E-state index contributed by atoms with van der Waals surface area (Å²) in [5, 5.41) is 2.93. The minimum Gasteiger partial charge on any atom is -0.496 e. The van der Waals surface area contributed by atoms with E-state index in [0.717, 1.165) is 42.8 Å². The van der Waals surface area contributed by atoms with Gasteiger partial charge in [-0.3, -0.25) is 14.7 Å². The molecular weight excluding hydrogens is 443 g/mol. The summed E-state index contributed by atoms with van der Waals surface area (Å²) in [5.74, 6) is 0.467. The fourth-order valence-corrected chi connectivity index (χ4v) is 5.15. The number of aromatic nitrogens is 1. The van der Waals surface area contributed by atoms with E-state index in [0.29, 0.717) is 6.04 Å². The second kappa shape index (κ2) is 10.3. The lowest BCUT2D eigenvalue weighted by Crippen LogP contribution is -2.42. The summed E-state index contributed by atoms with van der Waals surface area (Å²) >= 11 is 0. The van der Waals surface area contributed by atoms with Gasteiger partial charge in [0.25, 0.3) is 5.91 Å². The van der Waals surface area contributed by atoms with E-state index < -0.39 is 17.8 Å². The van der Waals surface area contributed by atoms with Gasteiger partial charge in [0.15, 0.2) is 0 Å². The number of alkyl halides is 3. The third kappa shape index (κ3) is 5.54. The quantitative estimate of drug-likeness (QED) is 0.544. The van der Waals surface area contributed by atoms with Crippen LogP contribution >= 0.6 is 0 Å². The van der Waals surface area contributed by atoms with Gasteiger partial charge in [0.05, 0.1) is 12.7 Å². The van der Waals surface area contributed by atoms with E-state index in [1.165, 1.54) is 17.2 Å². The van der Waals surface area contributed by atoms with E-state index in [4.69, 9.17) is 4.74 Å². The Hall–Kier alpha value is -2.61. The Morgan fingerprint density at radius 2 is 1.88 bits per heavy atom. The van der Waals surface area contributed by atoms with Crippen LogP contribution in [0.4, 0.5) is 13.2 Å². The molecule has 1 amide bonds. The van der Waals surface area contributed by atoms with Gasteiger partial charge >= 0.3 is 6.18 Å². The fraction of sp³-hybridized carbons (Fsp3) is 0.538. The number of hydrogen-bond acceptors (Lipinski definition) is 4. The number of likely N-dealkylation sites (tertiary alicyclic amines) is 1. The largest absolute Gasteiger partial charge is 0.496 e. The lowest BCUT2D eigenvalue weighted by atomic mass is 9.95. The third-order valence-corrected chi connectivity index (χ3v) is 7.06. The number of hydrogen-bond donors (Lipinski definition) is 1. The lowest BCUT2D eigenvalue weighted by Gasteiger charge is -2.36. The van der Waals surface area contributed by atoms with Crippen LogP contribution in [0.5, 0.6) is 5.75 Å². The van der Waals surface area contributed by atoms with Crippen molar-refractivity contribution < 1.29 is 22.7 Å². The predicted octanol–water partition coefficient (Wildman–Crippen LogP) is 5.85. The Bertz CT molecular complexity index is 1010. The molecule has 1 fully saturated rings. The van der Waals surface area contributed by atoms with Gasteiger partial charge < -0.3 is 10.1 Å². The molecule has 2 heterocycles. The summed E-state index contributed by atoms with van der Waals surface area (Å²) in [6.07, 6.45) is -0.689. The molecule has 1 N–H and O–H groups in total. The van der Waals surface area contributed by atoms with Crippen molar-refractivity contribution in [2.24, 2.45) is 0 Å². The minimum atomic E-state index is -4.53. The Morgan fingerprint density at radius 1 is 1.18 bits per heavy atom. The molecule has 4 unspecified atom stereocenters. The fourth-order valence-electron chi connectivity index (χ4n) is 5.15. The van der Waals surface area contributed by atoms with Crippen molar-refractivity contribution in [3.05, 3.63) is 58.4 Å². The van der Waals surface area contributed by atoms with Crippen LogP contribution in [0, 0.1) is 13.8 Å². The zero-order valence-corrected chi connectivity index (χ0v) is 20.7. The predicted molar refractivity (Wildman–Crippen MR) is 126 cm³/mol. The third-order valence-electron chi connectivity index (χ3n) is 7.06. The number of amides is 1. The summed E-state index contributed by atoms with van der Waals surface area (Å²) < 4.78 is 43.6. The number of halogens is 3. The minimum absolute atomic E-state index is 0.120. The Kier molecular flexibility index (Phi) is 7.91. The van der Waals surface area contributed by atoms with Gasteiger partial charge in [0, 0.05) is 30.4 Å². The molecule has 0 spiro atoms. The molecule has 0 saturated carbocycles.